The van der Waals surface area contributed by atoms with Gasteiger partial charge in [-0.2, -0.15) is 0 Å². The summed E-state index contributed by atoms with van der Waals surface area (Å²) in [5.74, 6) is 0.626. The Morgan fingerprint density at radius 3 is 2.68 bits per heavy atom. The molecule has 9 heteroatoms. The van der Waals surface area contributed by atoms with Crippen LogP contribution in [0.25, 0.3) is 0 Å². The zero-order valence-corrected chi connectivity index (χ0v) is 20.7. The first-order valence-corrected chi connectivity index (χ1v) is 12.3. The van der Waals surface area contributed by atoms with E-state index in [1.54, 1.807) is 18.2 Å². The van der Waals surface area contributed by atoms with Crippen molar-refractivity contribution in [1.29, 1.82) is 0 Å². The van der Waals surface area contributed by atoms with Gasteiger partial charge in [0.1, 0.15) is 18.0 Å². The molecule has 0 saturated carbocycles. The molecule has 9 nitrogen and oxygen atoms in total. The third kappa shape index (κ3) is 4.80. The fourth-order valence-corrected chi connectivity index (χ4v) is 5.09. The minimum atomic E-state index is -1.10. The van der Waals surface area contributed by atoms with Crippen LogP contribution in [0.15, 0.2) is 65.8 Å². The number of aliphatic hydroxyl groups excluding tert-OH is 2. The van der Waals surface area contributed by atoms with E-state index >= 15 is 0 Å². The molecular formula is C28H30N2O7. The number of nitrogens with one attached hydrogen (secondary N) is 1. The highest BCUT2D eigenvalue weighted by Crippen LogP contribution is 2.47. The van der Waals surface area contributed by atoms with E-state index in [0.717, 1.165) is 16.7 Å². The van der Waals surface area contributed by atoms with Gasteiger partial charge in [0.05, 0.1) is 18.6 Å². The highest BCUT2D eigenvalue weighted by molar-refractivity contribution is 5.96. The Labute approximate surface area is 214 Å². The predicted octanol–water partition coefficient (Wildman–Crippen LogP) is 2.03. The predicted molar refractivity (Wildman–Crippen MR) is 134 cm³/mol. The van der Waals surface area contributed by atoms with Crippen LogP contribution in [-0.4, -0.2) is 65.1 Å². The van der Waals surface area contributed by atoms with Crippen molar-refractivity contribution in [2.45, 2.75) is 44.6 Å². The average molecular weight is 507 g/mol. The molecule has 194 valence electrons. The van der Waals surface area contributed by atoms with E-state index in [1.165, 1.54) is 11.0 Å². The van der Waals surface area contributed by atoms with Crippen molar-refractivity contribution >= 4 is 11.8 Å². The molecule has 3 aliphatic rings. The molecule has 4 atom stereocenters. The summed E-state index contributed by atoms with van der Waals surface area (Å²) < 4.78 is 17.1. The number of ether oxygens (including phenoxy) is 3. The summed E-state index contributed by atoms with van der Waals surface area (Å²) in [4.78, 5) is 28.3. The maximum atomic E-state index is 13.5. The number of hydrogen-bond acceptors (Lipinski definition) is 7. The summed E-state index contributed by atoms with van der Waals surface area (Å²) in [6.45, 7) is 3.82. The fraction of sp³-hybridized carbons (Fsp3) is 0.357. The monoisotopic (exact) mass is 506 g/mol. The quantitative estimate of drug-likeness (QED) is 0.492. The molecule has 0 fully saturated rings. The van der Waals surface area contributed by atoms with Crippen molar-refractivity contribution in [2.24, 2.45) is 0 Å². The van der Waals surface area contributed by atoms with E-state index in [-0.39, 0.29) is 38.3 Å². The lowest BCUT2D eigenvalue weighted by atomic mass is 9.77. The van der Waals surface area contributed by atoms with Crippen molar-refractivity contribution in [3.05, 3.63) is 76.9 Å². The van der Waals surface area contributed by atoms with Crippen molar-refractivity contribution in [3.63, 3.8) is 0 Å². The molecule has 2 amide bonds. The number of fused-ring (bicyclic) bond motifs is 4. The van der Waals surface area contributed by atoms with Gasteiger partial charge in [0.15, 0.2) is 11.5 Å². The second-order valence-electron chi connectivity index (χ2n) is 9.56. The maximum Gasteiger partial charge on any atom is 0.247 e. The minimum Gasteiger partial charge on any atom is -0.486 e. The van der Waals surface area contributed by atoms with Crippen LogP contribution in [0, 0.1) is 0 Å². The summed E-state index contributed by atoms with van der Waals surface area (Å²) in [6, 6.07) is 12.0. The molecule has 0 spiro atoms. The lowest BCUT2D eigenvalue weighted by Crippen LogP contribution is -2.55. The Morgan fingerprint density at radius 2 is 1.89 bits per heavy atom. The molecule has 0 unspecified atom stereocenters. The van der Waals surface area contributed by atoms with Gasteiger partial charge in [-0.1, -0.05) is 29.8 Å². The van der Waals surface area contributed by atoms with E-state index < -0.39 is 24.2 Å². The van der Waals surface area contributed by atoms with Crippen molar-refractivity contribution in [1.82, 2.24) is 10.2 Å². The van der Waals surface area contributed by atoms with Gasteiger partial charge in [0, 0.05) is 30.3 Å². The molecule has 2 aliphatic heterocycles. The molecule has 2 aromatic carbocycles. The SMILES string of the molecule is CC(C)=CC(=O)N(Cc1ccc2c(c1)OCO2)[C@@H]1C=C(C(=O)NCCO)[C@@H]2c3ccccc3O[C@@H]2[C@H]1O. The first-order chi connectivity index (χ1) is 17.9. The molecule has 3 N–H and O–H groups in total. The van der Waals surface area contributed by atoms with Gasteiger partial charge in [0.2, 0.25) is 18.6 Å². The van der Waals surface area contributed by atoms with E-state index in [9.17, 15) is 19.8 Å². The molecule has 0 saturated heterocycles. The molecule has 37 heavy (non-hydrogen) atoms. The van der Waals surface area contributed by atoms with Crippen LogP contribution in [0.5, 0.6) is 17.2 Å². The van der Waals surface area contributed by atoms with Crippen LogP contribution in [0.3, 0.4) is 0 Å². The Balaban J connectivity index is 1.55. The molecule has 2 aromatic rings. The second-order valence-corrected chi connectivity index (χ2v) is 9.56. The summed E-state index contributed by atoms with van der Waals surface area (Å²) in [5, 5.41) is 23.5. The first-order valence-electron chi connectivity index (χ1n) is 12.3. The summed E-state index contributed by atoms with van der Waals surface area (Å²) in [6.07, 6.45) is 1.31. The number of carbonyl (C=O) groups excluding carboxylic acids is 2. The third-order valence-electron chi connectivity index (χ3n) is 6.72. The molecule has 1 aliphatic carbocycles. The normalized spacial score (nSPS) is 22.8. The molecule has 0 bridgehead atoms. The zero-order chi connectivity index (χ0) is 26.1. The lowest BCUT2D eigenvalue weighted by molar-refractivity contribution is -0.133. The highest BCUT2D eigenvalue weighted by atomic mass is 16.7. The average Bonchev–Trinajstić information content (AvgIpc) is 3.51. The Kier molecular flexibility index (Phi) is 6.90. The van der Waals surface area contributed by atoms with Crippen LogP contribution in [0.2, 0.25) is 0 Å². The van der Waals surface area contributed by atoms with Crippen LogP contribution in [0.4, 0.5) is 0 Å². The van der Waals surface area contributed by atoms with Crippen LogP contribution in [0.1, 0.15) is 30.9 Å². The molecule has 5 rings (SSSR count). The lowest BCUT2D eigenvalue weighted by Gasteiger charge is -2.40. The largest absolute Gasteiger partial charge is 0.486 e. The molecule has 2 heterocycles. The van der Waals surface area contributed by atoms with Gasteiger partial charge >= 0.3 is 0 Å². The van der Waals surface area contributed by atoms with Crippen molar-refractivity contribution in [2.75, 3.05) is 19.9 Å². The van der Waals surface area contributed by atoms with Crippen molar-refractivity contribution in [3.8, 4) is 17.2 Å². The van der Waals surface area contributed by atoms with Crippen molar-refractivity contribution < 1.29 is 34.0 Å². The molecule has 0 aromatic heterocycles. The molecule has 0 radical (unpaired) electrons. The Morgan fingerprint density at radius 1 is 1.11 bits per heavy atom. The second kappa shape index (κ2) is 10.3. The zero-order valence-electron chi connectivity index (χ0n) is 20.7. The van der Waals surface area contributed by atoms with Crippen LogP contribution < -0.4 is 19.5 Å². The van der Waals surface area contributed by atoms with E-state index in [0.29, 0.717) is 22.8 Å². The van der Waals surface area contributed by atoms with E-state index in [1.807, 2.05) is 44.2 Å². The van der Waals surface area contributed by atoms with Gasteiger partial charge < -0.3 is 34.6 Å². The number of hydrogen-bond donors (Lipinski definition) is 3. The number of rotatable bonds is 7. The standard InChI is InChI=1S/C28H30N2O7/c1-16(2)11-24(32)30(14-17-7-8-22-23(12-17)36-15-35-22)20-13-19(28(34)29-9-10-31)25-18-5-3-4-6-21(18)37-27(25)26(20)33/h3-8,11-13,20,25-27,31,33H,9-10,14-15H2,1-2H3,(H,29,34)/t20-,25+,26+,27+/m1/s1. The maximum absolute atomic E-state index is 13.5. The number of allylic oxidation sites excluding steroid dienone is 1. The number of para-hydroxylation sites is 1. The number of nitrogens with zero attached hydrogens (tertiary/aromatic N) is 1. The van der Waals surface area contributed by atoms with Gasteiger partial charge in [0.25, 0.3) is 0 Å². The van der Waals surface area contributed by atoms with Gasteiger partial charge in [-0.05, 0) is 43.7 Å². The first kappa shape index (κ1) is 24.9. The molecular weight excluding hydrogens is 476 g/mol. The van der Waals surface area contributed by atoms with E-state index in [4.69, 9.17) is 14.2 Å². The summed E-state index contributed by atoms with van der Waals surface area (Å²) >= 11 is 0. The highest BCUT2D eigenvalue weighted by Gasteiger charge is 2.50. The van der Waals surface area contributed by atoms with Crippen LogP contribution >= 0.6 is 0 Å². The van der Waals surface area contributed by atoms with Gasteiger partial charge in [-0.15, -0.1) is 0 Å². The number of aliphatic hydroxyl groups is 2. The number of benzene rings is 2. The van der Waals surface area contributed by atoms with Gasteiger partial charge in [-0.25, -0.2) is 0 Å². The fourth-order valence-electron chi connectivity index (χ4n) is 5.09. The topological polar surface area (TPSA) is 118 Å². The van der Waals surface area contributed by atoms with Gasteiger partial charge in [-0.3, -0.25) is 9.59 Å². The van der Waals surface area contributed by atoms with E-state index in [2.05, 4.69) is 5.32 Å². The summed E-state index contributed by atoms with van der Waals surface area (Å²) in [5.41, 5.74) is 2.77. The smallest absolute Gasteiger partial charge is 0.247 e. The minimum absolute atomic E-state index is 0.0842. The number of carbonyl (C=O) groups is 2. The Hall–Kier alpha value is -3.82. The number of amides is 2. The third-order valence-corrected chi connectivity index (χ3v) is 6.72. The summed E-state index contributed by atoms with van der Waals surface area (Å²) in [7, 11) is 0. The van der Waals surface area contributed by atoms with Crippen LogP contribution in [-0.2, 0) is 16.1 Å². The Bertz CT molecular complexity index is 1270.